The Kier molecular flexibility index (Phi) is 4.75. The average Bonchev–Trinajstić information content (AvgIpc) is 2.81. The summed E-state index contributed by atoms with van der Waals surface area (Å²) in [7, 11) is 0. The fourth-order valence-corrected chi connectivity index (χ4v) is 2.65. The molecule has 1 aliphatic carbocycles. The zero-order chi connectivity index (χ0) is 16.3. The Morgan fingerprint density at radius 1 is 1.14 bits per heavy atom. The monoisotopic (exact) mass is 312 g/mol. The Bertz CT molecular complexity index is 599. The smallest absolute Gasteiger partial charge is 0.227 e. The van der Waals surface area contributed by atoms with Gasteiger partial charge in [0.25, 0.3) is 0 Å². The molecule has 1 aromatic rings. The number of aliphatic hydroxyl groups is 1. The quantitative estimate of drug-likeness (QED) is 0.799. The summed E-state index contributed by atoms with van der Waals surface area (Å²) in [5, 5.41) is 14.9. The van der Waals surface area contributed by atoms with E-state index in [1.807, 2.05) is 0 Å². The summed E-state index contributed by atoms with van der Waals surface area (Å²) in [4.78, 5) is 23.1. The average molecular weight is 312 g/mol. The molecule has 0 atom stereocenters. The van der Waals surface area contributed by atoms with E-state index >= 15 is 0 Å². The topological polar surface area (TPSA) is 78.4 Å². The predicted molar refractivity (Wildman–Crippen MR) is 77.3 cm³/mol. The van der Waals surface area contributed by atoms with Crippen molar-refractivity contribution in [3.8, 4) is 0 Å². The number of anilines is 2. The van der Waals surface area contributed by atoms with Crippen LogP contribution in [-0.4, -0.2) is 22.5 Å². The first kappa shape index (κ1) is 16.4. The molecular weight excluding hydrogens is 294 g/mol. The second kappa shape index (κ2) is 6.39. The van der Waals surface area contributed by atoms with Gasteiger partial charge in [-0.05, 0) is 12.8 Å². The van der Waals surface area contributed by atoms with Crippen LogP contribution >= 0.6 is 0 Å². The zero-order valence-corrected chi connectivity index (χ0v) is 12.2. The van der Waals surface area contributed by atoms with Gasteiger partial charge in [0.15, 0.2) is 11.6 Å². The van der Waals surface area contributed by atoms with Gasteiger partial charge in [-0.25, -0.2) is 8.78 Å². The summed E-state index contributed by atoms with van der Waals surface area (Å²) >= 11 is 0. The molecule has 0 aromatic heterocycles. The summed E-state index contributed by atoms with van der Waals surface area (Å²) in [6, 6.07) is 1.60. The van der Waals surface area contributed by atoms with Crippen molar-refractivity contribution in [2.24, 2.45) is 0 Å². The minimum absolute atomic E-state index is 0.0295. The van der Waals surface area contributed by atoms with Crippen molar-refractivity contribution in [1.29, 1.82) is 0 Å². The number of hydrogen-bond acceptors (Lipinski definition) is 3. The molecule has 2 rings (SSSR count). The third kappa shape index (κ3) is 4.00. The maximum atomic E-state index is 13.3. The molecule has 5 nitrogen and oxygen atoms in total. The lowest BCUT2D eigenvalue weighted by Gasteiger charge is -2.21. The van der Waals surface area contributed by atoms with Gasteiger partial charge >= 0.3 is 0 Å². The highest BCUT2D eigenvalue weighted by Crippen LogP contribution is 2.33. The lowest BCUT2D eigenvalue weighted by atomic mass is 9.97. The number of halogens is 2. The minimum atomic E-state index is -1.14. The second-order valence-electron chi connectivity index (χ2n) is 5.65. The number of benzene rings is 1. The number of nitrogens with one attached hydrogen (secondary N) is 2. The number of amides is 2. The van der Waals surface area contributed by atoms with Gasteiger partial charge in [-0.2, -0.15) is 0 Å². The van der Waals surface area contributed by atoms with E-state index < -0.39 is 29.0 Å². The summed E-state index contributed by atoms with van der Waals surface area (Å²) in [5.41, 5.74) is -1.12. The van der Waals surface area contributed by atoms with Crippen molar-refractivity contribution in [3.63, 3.8) is 0 Å². The first-order valence-electron chi connectivity index (χ1n) is 7.08. The van der Waals surface area contributed by atoms with E-state index in [2.05, 4.69) is 10.6 Å². The van der Waals surface area contributed by atoms with Gasteiger partial charge in [0, 0.05) is 19.1 Å². The zero-order valence-electron chi connectivity index (χ0n) is 12.2. The molecule has 1 aromatic carbocycles. The molecule has 0 unspecified atom stereocenters. The van der Waals surface area contributed by atoms with Crippen LogP contribution in [0.5, 0.6) is 0 Å². The Balaban J connectivity index is 2.15. The third-order valence-electron chi connectivity index (χ3n) is 3.67. The van der Waals surface area contributed by atoms with E-state index in [1.165, 1.54) is 6.92 Å². The molecule has 1 fully saturated rings. The van der Waals surface area contributed by atoms with E-state index in [0.717, 1.165) is 25.0 Å². The maximum absolute atomic E-state index is 13.3. The number of carbonyl (C=O) groups excluding carboxylic acids is 2. The molecular formula is C15H18F2N2O3. The van der Waals surface area contributed by atoms with Crippen molar-refractivity contribution < 1.29 is 23.5 Å². The number of carbonyl (C=O) groups is 2. The summed E-state index contributed by atoms with van der Waals surface area (Å²) < 4.78 is 26.6. The fraction of sp³-hybridized carbons (Fsp3) is 0.467. The van der Waals surface area contributed by atoms with Gasteiger partial charge in [0.1, 0.15) is 0 Å². The van der Waals surface area contributed by atoms with Crippen molar-refractivity contribution in [3.05, 3.63) is 23.8 Å². The predicted octanol–water partition coefficient (Wildman–Crippen LogP) is 2.56. The van der Waals surface area contributed by atoms with Crippen LogP contribution in [0.25, 0.3) is 0 Å². The fourth-order valence-electron chi connectivity index (χ4n) is 2.65. The summed E-state index contributed by atoms with van der Waals surface area (Å²) in [6.45, 7) is 1.22. The first-order valence-corrected chi connectivity index (χ1v) is 7.08. The molecule has 1 aliphatic rings. The van der Waals surface area contributed by atoms with Gasteiger partial charge in [-0.15, -0.1) is 0 Å². The van der Waals surface area contributed by atoms with Crippen LogP contribution < -0.4 is 10.6 Å². The van der Waals surface area contributed by atoms with Crippen molar-refractivity contribution in [2.45, 2.75) is 44.6 Å². The highest BCUT2D eigenvalue weighted by atomic mass is 19.2. The molecule has 0 radical (unpaired) electrons. The van der Waals surface area contributed by atoms with Crippen molar-refractivity contribution >= 4 is 23.2 Å². The molecule has 0 saturated heterocycles. The van der Waals surface area contributed by atoms with E-state index in [4.69, 9.17) is 0 Å². The maximum Gasteiger partial charge on any atom is 0.227 e. The highest BCUT2D eigenvalue weighted by molar-refractivity contribution is 5.99. The van der Waals surface area contributed by atoms with Crippen LogP contribution in [0, 0.1) is 11.6 Å². The molecule has 0 heterocycles. The Morgan fingerprint density at radius 3 is 2.14 bits per heavy atom. The Hall–Kier alpha value is -2.02. The molecule has 0 bridgehead atoms. The van der Waals surface area contributed by atoms with E-state index in [-0.39, 0.29) is 17.8 Å². The largest absolute Gasteiger partial charge is 0.389 e. The molecule has 1 saturated carbocycles. The van der Waals surface area contributed by atoms with Crippen LogP contribution in [0.15, 0.2) is 12.1 Å². The van der Waals surface area contributed by atoms with Gasteiger partial charge in [-0.3, -0.25) is 9.59 Å². The number of hydrogen-bond donors (Lipinski definition) is 3. The Morgan fingerprint density at radius 2 is 1.64 bits per heavy atom. The van der Waals surface area contributed by atoms with E-state index in [1.54, 1.807) is 0 Å². The third-order valence-corrected chi connectivity index (χ3v) is 3.67. The highest BCUT2D eigenvalue weighted by Gasteiger charge is 2.33. The van der Waals surface area contributed by atoms with E-state index in [0.29, 0.717) is 12.8 Å². The van der Waals surface area contributed by atoms with Crippen LogP contribution in [-0.2, 0) is 9.59 Å². The van der Waals surface area contributed by atoms with Gasteiger partial charge in [0.2, 0.25) is 11.8 Å². The van der Waals surface area contributed by atoms with Crippen LogP contribution in [0.3, 0.4) is 0 Å². The van der Waals surface area contributed by atoms with Crippen LogP contribution in [0.4, 0.5) is 20.2 Å². The first-order chi connectivity index (χ1) is 10.3. The number of rotatable bonds is 4. The van der Waals surface area contributed by atoms with Crippen molar-refractivity contribution in [2.75, 3.05) is 10.6 Å². The van der Waals surface area contributed by atoms with Crippen LogP contribution in [0.1, 0.15) is 39.0 Å². The van der Waals surface area contributed by atoms with Gasteiger partial charge in [0.05, 0.1) is 23.4 Å². The minimum Gasteiger partial charge on any atom is -0.389 e. The molecule has 7 heteroatoms. The normalized spacial score (nSPS) is 16.4. The molecule has 0 aliphatic heterocycles. The molecule has 2 amide bonds. The van der Waals surface area contributed by atoms with Crippen LogP contribution in [0.2, 0.25) is 0 Å². The summed E-state index contributed by atoms with van der Waals surface area (Å²) in [5.74, 6) is -3.25. The van der Waals surface area contributed by atoms with Gasteiger partial charge < -0.3 is 15.7 Å². The molecule has 0 spiro atoms. The summed E-state index contributed by atoms with van der Waals surface area (Å²) in [6.07, 6.45) is 2.66. The molecule has 120 valence electrons. The Labute approximate surface area is 126 Å². The lowest BCUT2D eigenvalue weighted by Crippen LogP contribution is -2.31. The molecule has 3 N–H and O–H groups in total. The van der Waals surface area contributed by atoms with E-state index in [9.17, 15) is 23.5 Å². The second-order valence-corrected chi connectivity index (χ2v) is 5.65. The SMILES string of the molecule is CC(=O)Nc1cc(F)c(F)cc1NC(=O)CC1(O)CCCC1. The molecule has 22 heavy (non-hydrogen) atoms. The van der Waals surface area contributed by atoms with Gasteiger partial charge in [-0.1, -0.05) is 12.8 Å². The standard InChI is InChI=1S/C15H18F2N2O3/c1-9(20)18-12-6-10(16)11(17)7-13(12)19-14(21)8-15(22)4-2-3-5-15/h6-7,22H,2-5,8H2,1H3,(H,18,20)(H,19,21). The van der Waals surface area contributed by atoms with Crippen molar-refractivity contribution in [1.82, 2.24) is 0 Å². The lowest BCUT2D eigenvalue weighted by molar-refractivity contribution is -0.121.